The summed E-state index contributed by atoms with van der Waals surface area (Å²) in [5.74, 6) is -0.666. The molecule has 2 aromatic rings. The number of furan rings is 1. The Labute approximate surface area is 144 Å². The van der Waals surface area contributed by atoms with E-state index in [1.807, 2.05) is 6.07 Å². The van der Waals surface area contributed by atoms with Crippen LogP contribution in [-0.4, -0.2) is 35.5 Å². The number of benzene rings is 1. The van der Waals surface area contributed by atoms with Crippen LogP contribution >= 0.6 is 0 Å². The number of urea groups is 1. The molecule has 0 N–H and O–H groups in total. The van der Waals surface area contributed by atoms with Crippen molar-refractivity contribution < 1.29 is 23.5 Å². The van der Waals surface area contributed by atoms with Gasteiger partial charge in [0.25, 0.3) is 5.91 Å². The summed E-state index contributed by atoms with van der Waals surface area (Å²) in [6.07, 6.45) is 1.34. The highest BCUT2D eigenvalue weighted by Crippen LogP contribution is 2.27. The topological polar surface area (TPSA) is 80.1 Å². The number of carbonyl (C=O) groups excluding carboxylic acids is 3. The number of rotatable bonds is 5. The quantitative estimate of drug-likeness (QED) is 0.616. The van der Waals surface area contributed by atoms with Crippen molar-refractivity contribution in [3.63, 3.8) is 0 Å². The molecule has 0 aliphatic carbocycles. The smallest absolute Gasteiger partial charge is 0.341 e. The van der Waals surface area contributed by atoms with Crippen LogP contribution < -0.4 is 4.90 Å². The standard InChI is InChI=1S/C18H18N2O5/c1-3-24-17(22)14-9-10-25-15(14)11-19-16(21)12(2)20(18(19)23)13-7-5-4-6-8-13/h4-10,12H,3,11H2,1-2H3/t12-/m1/s1. The second-order valence-corrected chi connectivity index (χ2v) is 5.57. The van der Waals surface area contributed by atoms with E-state index in [1.54, 1.807) is 38.1 Å². The van der Waals surface area contributed by atoms with E-state index in [0.717, 1.165) is 4.90 Å². The first-order valence-electron chi connectivity index (χ1n) is 7.97. The van der Waals surface area contributed by atoms with Gasteiger partial charge in [-0.3, -0.25) is 14.6 Å². The van der Waals surface area contributed by atoms with Crippen LogP contribution in [-0.2, 0) is 16.1 Å². The van der Waals surface area contributed by atoms with Crippen molar-refractivity contribution in [2.75, 3.05) is 11.5 Å². The molecule has 130 valence electrons. The first-order chi connectivity index (χ1) is 12.0. The number of nitrogens with zero attached hydrogens (tertiary/aromatic N) is 2. The molecule has 1 atom stereocenters. The first-order valence-corrected chi connectivity index (χ1v) is 7.97. The van der Waals surface area contributed by atoms with Crippen molar-refractivity contribution in [1.82, 2.24) is 4.90 Å². The summed E-state index contributed by atoms with van der Waals surface area (Å²) in [5, 5.41) is 0. The molecule has 2 heterocycles. The molecular weight excluding hydrogens is 324 g/mol. The van der Waals surface area contributed by atoms with Crippen molar-refractivity contribution in [1.29, 1.82) is 0 Å². The number of hydrogen-bond donors (Lipinski definition) is 0. The Kier molecular flexibility index (Phi) is 4.56. The second kappa shape index (κ2) is 6.80. The van der Waals surface area contributed by atoms with Gasteiger partial charge in [-0.25, -0.2) is 9.59 Å². The first kappa shape index (κ1) is 16.8. The average molecular weight is 342 g/mol. The molecule has 0 saturated carbocycles. The van der Waals surface area contributed by atoms with Gasteiger partial charge >= 0.3 is 12.0 Å². The van der Waals surface area contributed by atoms with E-state index in [2.05, 4.69) is 0 Å². The van der Waals surface area contributed by atoms with Gasteiger partial charge in [0.05, 0.1) is 19.4 Å². The lowest BCUT2D eigenvalue weighted by atomic mass is 10.2. The summed E-state index contributed by atoms with van der Waals surface area (Å²) < 4.78 is 10.3. The zero-order chi connectivity index (χ0) is 18.0. The van der Waals surface area contributed by atoms with E-state index < -0.39 is 18.0 Å². The largest absolute Gasteiger partial charge is 0.467 e. The van der Waals surface area contributed by atoms with Gasteiger partial charge in [0.2, 0.25) is 0 Å². The number of ether oxygens (including phenoxy) is 1. The molecule has 7 heteroatoms. The molecular formula is C18H18N2O5. The Morgan fingerprint density at radius 1 is 1.20 bits per heavy atom. The lowest BCUT2D eigenvalue weighted by Gasteiger charge is -2.19. The highest BCUT2D eigenvalue weighted by molar-refractivity contribution is 6.14. The Hall–Kier alpha value is -3.09. The van der Waals surface area contributed by atoms with Gasteiger partial charge in [-0.2, -0.15) is 0 Å². The Morgan fingerprint density at radius 3 is 2.60 bits per heavy atom. The zero-order valence-electron chi connectivity index (χ0n) is 14.0. The molecule has 1 aromatic carbocycles. The normalized spacial score (nSPS) is 17.3. The van der Waals surface area contributed by atoms with Gasteiger partial charge in [-0.15, -0.1) is 0 Å². The second-order valence-electron chi connectivity index (χ2n) is 5.57. The van der Waals surface area contributed by atoms with E-state index in [9.17, 15) is 14.4 Å². The summed E-state index contributed by atoms with van der Waals surface area (Å²) in [4.78, 5) is 39.7. The number of esters is 1. The predicted octanol–water partition coefficient (Wildman–Crippen LogP) is 2.81. The average Bonchev–Trinajstić information content (AvgIpc) is 3.15. The molecule has 1 fully saturated rings. The molecule has 1 aliphatic heterocycles. The number of hydrogen-bond acceptors (Lipinski definition) is 5. The molecule has 0 unspecified atom stereocenters. The van der Waals surface area contributed by atoms with Crippen LogP contribution in [0.2, 0.25) is 0 Å². The number of anilines is 1. The maximum absolute atomic E-state index is 12.7. The van der Waals surface area contributed by atoms with Crippen molar-refractivity contribution in [3.05, 3.63) is 54.0 Å². The lowest BCUT2D eigenvalue weighted by molar-refractivity contribution is -0.127. The third-order valence-electron chi connectivity index (χ3n) is 4.02. The molecule has 0 spiro atoms. The van der Waals surface area contributed by atoms with Crippen LogP contribution in [0.4, 0.5) is 10.5 Å². The van der Waals surface area contributed by atoms with E-state index in [-0.39, 0.29) is 30.4 Å². The third kappa shape index (κ3) is 3.00. The summed E-state index contributed by atoms with van der Waals surface area (Å²) in [6, 6.07) is 9.36. The van der Waals surface area contributed by atoms with Crippen molar-refractivity contribution in [2.45, 2.75) is 26.4 Å². The maximum Gasteiger partial charge on any atom is 0.341 e. The van der Waals surface area contributed by atoms with Gasteiger partial charge in [0.1, 0.15) is 17.4 Å². The molecule has 1 aromatic heterocycles. The van der Waals surface area contributed by atoms with Crippen LogP contribution in [0, 0.1) is 0 Å². The molecule has 1 saturated heterocycles. The fourth-order valence-corrected chi connectivity index (χ4v) is 2.79. The van der Waals surface area contributed by atoms with E-state index in [4.69, 9.17) is 9.15 Å². The summed E-state index contributed by atoms with van der Waals surface area (Å²) in [5.41, 5.74) is 0.856. The van der Waals surface area contributed by atoms with E-state index >= 15 is 0 Å². The van der Waals surface area contributed by atoms with Crippen LogP contribution in [0.25, 0.3) is 0 Å². The molecule has 1 aliphatic rings. The molecule has 3 amide bonds. The molecule has 25 heavy (non-hydrogen) atoms. The van der Waals surface area contributed by atoms with Crippen LogP contribution in [0.15, 0.2) is 47.1 Å². The Morgan fingerprint density at radius 2 is 1.92 bits per heavy atom. The van der Waals surface area contributed by atoms with Crippen LogP contribution in [0.1, 0.15) is 30.0 Å². The highest BCUT2D eigenvalue weighted by atomic mass is 16.5. The van der Waals surface area contributed by atoms with Crippen molar-refractivity contribution in [3.8, 4) is 0 Å². The fourth-order valence-electron chi connectivity index (χ4n) is 2.79. The van der Waals surface area contributed by atoms with Crippen molar-refractivity contribution >= 4 is 23.6 Å². The number of amides is 3. The van der Waals surface area contributed by atoms with Gasteiger partial charge < -0.3 is 9.15 Å². The zero-order valence-corrected chi connectivity index (χ0v) is 14.0. The minimum absolute atomic E-state index is 0.119. The van der Waals surface area contributed by atoms with Gasteiger partial charge in [-0.05, 0) is 32.0 Å². The lowest BCUT2D eigenvalue weighted by Crippen LogP contribution is -2.33. The molecule has 0 radical (unpaired) electrons. The molecule has 7 nitrogen and oxygen atoms in total. The van der Waals surface area contributed by atoms with Crippen LogP contribution in [0.3, 0.4) is 0 Å². The Bertz CT molecular complexity index is 799. The number of imide groups is 1. The summed E-state index contributed by atoms with van der Waals surface area (Å²) in [7, 11) is 0. The van der Waals surface area contributed by atoms with Crippen LogP contribution in [0.5, 0.6) is 0 Å². The van der Waals surface area contributed by atoms with E-state index in [1.165, 1.54) is 17.2 Å². The Balaban J connectivity index is 1.85. The summed E-state index contributed by atoms with van der Waals surface area (Å²) >= 11 is 0. The number of para-hydroxylation sites is 1. The van der Waals surface area contributed by atoms with Crippen molar-refractivity contribution in [2.24, 2.45) is 0 Å². The van der Waals surface area contributed by atoms with E-state index in [0.29, 0.717) is 5.69 Å². The number of carbonyl (C=O) groups is 3. The van der Waals surface area contributed by atoms with Gasteiger partial charge in [0, 0.05) is 5.69 Å². The monoisotopic (exact) mass is 342 g/mol. The minimum Gasteiger partial charge on any atom is -0.467 e. The third-order valence-corrected chi connectivity index (χ3v) is 4.02. The predicted molar refractivity (Wildman–Crippen MR) is 89.0 cm³/mol. The fraction of sp³-hybridized carbons (Fsp3) is 0.278. The summed E-state index contributed by atoms with van der Waals surface area (Å²) in [6.45, 7) is 3.47. The molecule has 0 bridgehead atoms. The molecule has 3 rings (SSSR count). The maximum atomic E-state index is 12.7. The highest BCUT2D eigenvalue weighted by Gasteiger charge is 2.44. The van der Waals surface area contributed by atoms with Gasteiger partial charge in [0.15, 0.2) is 0 Å². The minimum atomic E-state index is -0.629. The SMILES string of the molecule is CCOC(=O)c1ccoc1CN1C(=O)[C@@H](C)N(c2ccccc2)C1=O. The van der Waals surface area contributed by atoms with Gasteiger partial charge in [-0.1, -0.05) is 18.2 Å².